The van der Waals surface area contributed by atoms with Crippen LogP contribution in [0.1, 0.15) is 30.7 Å². The van der Waals surface area contributed by atoms with Crippen LogP contribution in [0, 0.1) is 17.6 Å². The van der Waals surface area contributed by atoms with E-state index in [1.54, 1.807) is 6.07 Å². The number of carbonyl (C=O) groups excluding carboxylic acids is 1. The SMILES string of the molecule is O=C(N[C@H]1CCCNC1)C1CC1c1ccc(F)c(F)c1. The summed E-state index contributed by atoms with van der Waals surface area (Å²) in [6, 6.07) is 4.10. The molecule has 2 N–H and O–H groups in total. The smallest absolute Gasteiger partial charge is 0.224 e. The fourth-order valence-corrected chi connectivity index (χ4v) is 2.88. The minimum atomic E-state index is -0.844. The summed E-state index contributed by atoms with van der Waals surface area (Å²) in [5, 5.41) is 6.29. The second-order valence-corrected chi connectivity index (χ2v) is 5.67. The van der Waals surface area contributed by atoms with Gasteiger partial charge in [0.25, 0.3) is 0 Å². The van der Waals surface area contributed by atoms with Crippen LogP contribution in [0.2, 0.25) is 0 Å². The molecule has 1 saturated carbocycles. The molecule has 0 aromatic heterocycles. The van der Waals surface area contributed by atoms with Crippen molar-refractivity contribution < 1.29 is 13.6 Å². The summed E-state index contributed by atoms with van der Waals surface area (Å²) < 4.78 is 26.1. The van der Waals surface area contributed by atoms with Crippen LogP contribution in [0.15, 0.2) is 18.2 Å². The summed E-state index contributed by atoms with van der Waals surface area (Å²) in [5.74, 6) is -1.72. The maximum atomic E-state index is 13.2. The number of amides is 1. The number of hydrogen-bond donors (Lipinski definition) is 2. The molecule has 2 aliphatic rings. The fourth-order valence-electron chi connectivity index (χ4n) is 2.88. The van der Waals surface area contributed by atoms with E-state index in [0.29, 0.717) is 5.56 Å². The topological polar surface area (TPSA) is 41.1 Å². The third-order valence-corrected chi connectivity index (χ3v) is 4.14. The largest absolute Gasteiger partial charge is 0.352 e. The van der Waals surface area contributed by atoms with Crippen LogP contribution in [-0.2, 0) is 4.79 Å². The molecule has 1 aliphatic heterocycles. The summed E-state index contributed by atoms with van der Waals surface area (Å²) in [5.41, 5.74) is 0.714. The zero-order valence-corrected chi connectivity index (χ0v) is 11.2. The molecule has 1 aromatic rings. The number of rotatable bonds is 3. The Labute approximate surface area is 116 Å². The van der Waals surface area contributed by atoms with E-state index in [1.807, 2.05) is 0 Å². The molecule has 3 rings (SSSR count). The number of piperidine rings is 1. The molecular formula is C15H18F2N2O. The van der Waals surface area contributed by atoms with Crippen LogP contribution in [0.25, 0.3) is 0 Å². The van der Waals surface area contributed by atoms with E-state index >= 15 is 0 Å². The van der Waals surface area contributed by atoms with Crippen LogP contribution in [0.5, 0.6) is 0 Å². The number of hydrogen-bond acceptors (Lipinski definition) is 2. The number of halogens is 2. The Hall–Kier alpha value is -1.49. The molecule has 3 nitrogen and oxygen atoms in total. The molecule has 20 heavy (non-hydrogen) atoms. The van der Waals surface area contributed by atoms with Crippen molar-refractivity contribution in [3.63, 3.8) is 0 Å². The molecule has 1 saturated heterocycles. The average molecular weight is 280 g/mol. The Kier molecular flexibility index (Phi) is 3.70. The summed E-state index contributed by atoms with van der Waals surface area (Å²) in [6.07, 6.45) is 2.79. The van der Waals surface area contributed by atoms with Gasteiger partial charge in [-0.25, -0.2) is 8.78 Å². The van der Waals surface area contributed by atoms with Gasteiger partial charge in [-0.1, -0.05) is 6.07 Å². The van der Waals surface area contributed by atoms with Gasteiger partial charge in [-0.3, -0.25) is 4.79 Å². The van der Waals surface area contributed by atoms with Crippen LogP contribution >= 0.6 is 0 Å². The molecule has 1 amide bonds. The molecule has 1 heterocycles. The van der Waals surface area contributed by atoms with E-state index in [9.17, 15) is 13.6 Å². The zero-order valence-electron chi connectivity index (χ0n) is 11.2. The molecule has 1 aliphatic carbocycles. The van der Waals surface area contributed by atoms with Crippen LogP contribution in [0.3, 0.4) is 0 Å². The second-order valence-electron chi connectivity index (χ2n) is 5.67. The van der Waals surface area contributed by atoms with Gasteiger partial charge >= 0.3 is 0 Å². The van der Waals surface area contributed by atoms with E-state index < -0.39 is 11.6 Å². The van der Waals surface area contributed by atoms with Gasteiger partial charge in [0, 0.05) is 18.5 Å². The van der Waals surface area contributed by atoms with Crippen molar-refractivity contribution >= 4 is 5.91 Å². The van der Waals surface area contributed by atoms with Crippen LogP contribution < -0.4 is 10.6 Å². The van der Waals surface area contributed by atoms with Gasteiger partial charge in [-0.15, -0.1) is 0 Å². The molecule has 0 bridgehead atoms. The first-order valence-corrected chi connectivity index (χ1v) is 7.11. The molecule has 0 spiro atoms. The predicted octanol–water partition coefficient (Wildman–Crippen LogP) is 1.94. The maximum Gasteiger partial charge on any atom is 0.224 e. The van der Waals surface area contributed by atoms with Crippen molar-refractivity contribution in [1.29, 1.82) is 0 Å². The van der Waals surface area contributed by atoms with Crippen molar-refractivity contribution in [2.24, 2.45) is 5.92 Å². The van der Waals surface area contributed by atoms with Gasteiger partial charge in [0.1, 0.15) is 0 Å². The lowest BCUT2D eigenvalue weighted by atomic mass is 10.1. The van der Waals surface area contributed by atoms with E-state index in [2.05, 4.69) is 10.6 Å². The van der Waals surface area contributed by atoms with E-state index in [1.165, 1.54) is 6.07 Å². The summed E-state index contributed by atoms with van der Waals surface area (Å²) in [7, 11) is 0. The van der Waals surface area contributed by atoms with Gasteiger partial charge in [0.05, 0.1) is 0 Å². The Balaban J connectivity index is 1.57. The highest BCUT2D eigenvalue weighted by molar-refractivity contribution is 5.83. The Morgan fingerprint density at radius 2 is 2.15 bits per heavy atom. The van der Waals surface area contributed by atoms with Crippen LogP contribution in [-0.4, -0.2) is 25.0 Å². The van der Waals surface area contributed by atoms with E-state index in [-0.39, 0.29) is 23.8 Å². The minimum absolute atomic E-state index is 0.0293. The van der Waals surface area contributed by atoms with E-state index in [4.69, 9.17) is 0 Å². The normalized spacial score (nSPS) is 29.0. The second kappa shape index (κ2) is 5.48. The zero-order chi connectivity index (χ0) is 14.1. The maximum absolute atomic E-state index is 13.2. The molecular weight excluding hydrogens is 262 g/mol. The standard InChI is InChI=1S/C15H18F2N2O/c16-13-4-3-9(6-14(13)17)11-7-12(11)15(20)19-10-2-1-5-18-8-10/h3-4,6,10-12,18H,1-2,5,7-8H2,(H,19,20)/t10-,11?,12?/m0/s1. The molecule has 108 valence electrons. The predicted molar refractivity (Wildman–Crippen MR) is 71.2 cm³/mol. The van der Waals surface area contributed by atoms with Crippen LogP contribution in [0.4, 0.5) is 8.78 Å². The highest BCUT2D eigenvalue weighted by atomic mass is 19.2. The van der Waals surface area contributed by atoms with Gasteiger partial charge in [-0.05, 0) is 49.4 Å². The lowest BCUT2D eigenvalue weighted by molar-refractivity contribution is -0.123. The summed E-state index contributed by atoms with van der Waals surface area (Å²) >= 11 is 0. The molecule has 5 heteroatoms. The van der Waals surface area contributed by atoms with Crippen molar-refractivity contribution in [3.05, 3.63) is 35.4 Å². The number of benzene rings is 1. The first kappa shape index (κ1) is 13.5. The Bertz CT molecular complexity index is 515. The van der Waals surface area contributed by atoms with Gasteiger partial charge < -0.3 is 10.6 Å². The summed E-state index contributed by atoms with van der Waals surface area (Å²) in [4.78, 5) is 12.1. The highest BCUT2D eigenvalue weighted by Gasteiger charge is 2.44. The lowest BCUT2D eigenvalue weighted by Gasteiger charge is -2.23. The third kappa shape index (κ3) is 2.82. The monoisotopic (exact) mass is 280 g/mol. The van der Waals surface area contributed by atoms with Crippen molar-refractivity contribution in [2.45, 2.75) is 31.2 Å². The third-order valence-electron chi connectivity index (χ3n) is 4.14. The van der Waals surface area contributed by atoms with Gasteiger partial charge in [0.15, 0.2) is 11.6 Å². The van der Waals surface area contributed by atoms with Crippen molar-refractivity contribution in [1.82, 2.24) is 10.6 Å². The van der Waals surface area contributed by atoms with E-state index in [0.717, 1.165) is 38.4 Å². The molecule has 3 atom stereocenters. The molecule has 2 fully saturated rings. The number of carbonyl (C=O) groups is 1. The lowest BCUT2D eigenvalue weighted by Crippen LogP contribution is -2.46. The quantitative estimate of drug-likeness (QED) is 0.888. The van der Waals surface area contributed by atoms with Crippen molar-refractivity contribution in [2.75, 3.05) is 13.1 Å². The Morgan fingerprint density at radius 3 is 2.85 bits per heavy atom. The molecule has 1 aromatic carbocycles. The summed E-state index contributed by atoms with van der Waals surface area (Å²) in [6.45, 7) is 1.82. The van der Waals surface area contributed by atoms with Crippen molar-refractivity contribution in [3.8, 4) is 0 Å². The van der Waals surface area contributed by atoms with Gasteiger partial charge in [-0.2, -0.15) is 0 Å². The first-order chi connectivity index (χ1) is 9.65. The first-order valence-electron chi connectivity index (χ1n) is 7.11. The Morgan fingerprint density at radius 1 is 1.30 bits per heavy atom. The fraction of sp³-hybridized carbons (Fsp3) is 0.533. The number of nitrogens with one attached hydrogen (secondary N) is 2. The minimum Gasteiger partial charge on any atom is -0.352 e. The molecule has 2 unspecified atom stereocenters. The molecule has 0 radical (unpaired) electrons. The van der Waals surface area contributed by atoms with Gasteiger partial charge in [0.2, 0.25) is 5.91 Å². The highest BCUT2D eigenvalue weighted by Crippen LogP contribution is 2.47. The average Bonchev–Trinajstić information content (AvgIpc) is 3.23.